The molecule has 0 saturated carbocycles. The number of benzene rings is 1. The maximum absolute atomic E-state index is 12.3. The van der Waals surface area contributed by atoms with E-state index >= 15 is 0 Å². The highest BCUT2D eigenvalue weighted by Gasteiger charge is 2.14. The number of hydrogen-bond acceptors (Lipinski definition) is 3. The van der Waals surface area contributed by atoms with Crippen molar-refractivity contribution in [3.05, 3.63) is 63.1 Å². The number of hydrogen-bond donors (Lipinski definition) is 1. The summed E-state index contributed by atoms with van der Waals surface area (Å²) in [4.78, 5) is 12.3. The Bertz CT molecular complexity index is 643. The van der Waals surface area contributed by atoms with Gasteiger partial charge in [-0.15, -0.1) is 0 Å². The van der Waals surface area contributed by atoms with E-state index in [4.69, 9.17) is 0 Å². The Hall–Kier alpha value is -1.94. The van der Waals surface area contributed by atoms with Crippen molar-refractivity contribution in [2.75, 3.05) is 6.54 Å². The fourth-order valence-electron chi connectivity index (χ4n) is 2.38. The molecule has 0 aliphatic carbocycles. The van der Waals surface area contributed by atoms with Crippen LogP contribution >= 0.6 is 0 Å². The second-order valence-electron chi connectivity index (χ2n) is 5.02. The molecule has 0 amide bonds. The Morgan fingerprint density at radius 3 is 2.89 bits per heavy atom. The SMILES string of the molecule is Cc1ccc(Cn2ncc3c(c2=O)CNCC3)cc1. The third-order valence-electron chi connectivity index (χ3n) is 3.56. The highest BCUT2D eigenvalue weighted by Crippen LogP contribution is 2.08. The smallest absolute Gasteiger partial charge is 0.271 e. The van der Waals surface area contributed by atoms with Gasteiger partial charge in [-0.05, 0) is 31.0 Å². The average Bonchev–Trinajstić information content (AvgIpc) is 2.45. The average molecular weight is 255 g/mol. The van der Waals surface area contributed by atoms with Crippen molar-refractivity contribution in [3.8, 4) is 0 Å². The van der Waals surface area contributed by atoms with Crippen LogP contribution in [-0.4, -0.2) is 16.3 Å². The molecule has 0 bridgehead atoms. The van der Waals surface area contributed by atoms with E-state index in [2.05, 4.69) is 29.5 Å². The Morgan fingerprint density at radius 1 is 1.32 bits per heavy atom. The summed E-state index contributed by atoms with van der Waals surface area (Å²) in [6.07, 6.45) is 2.73. The number of fused-ring (bicyclic) bond motifs is 1. The maximum Gasteiger partial charge on any atom is 0.271 e. The minimum absolute atomic E-state index is 0.0327. The van der Waals surface area contributed by atoms with Crippen molar-refractivity contribution in [1.29, 1.82) is 0 Å². The van der Waals surface area contributed by atoms with Gasteiger partial charge in [0.25, 0.3) is 5.56 Å². The summed E-state index contributed by atoms with van der Waals surface area (Å²) in [5, 5.41) is 7.52. The third-order valence-corrected chi connectivity index (χ3v) is 3.56. The summed E-state index contributed by atoms with van der Waals surface area (Å²) in [6, 6.07) is 8.20. The molecule has 1 aromatic heterocycles. The fourth-order valence-corrected chi connectivity index (χ4v) is 2.38. The number of aryl methyl sites for hydroxylation is 1. The Labute approximate surface area is 112 Å². The van der Waals surface area contributed by atoms with Gasteiger partial charge in [0.2, 0.25) is 0 Å². The molecule has 1 N–H and O–H groups in total. The summed E-state index contributed by atoms with van der Waals surface area (Å²) < 4.78 is 1.55. The first-order chi connectivity index (χ1) is 9.24. The lowest BCUT2D eigenvalue weighted by Gasteiger charge is -2.17. The van der Waals surface area contributed by atoms with Gasteiger partial charge in [-0.2, -0.15) is 5.10 Å². The largest absolute Gasteiger partial charge is 0.312 e. The summed E-state index contributed by atoms with van der Waals surface area (Å²) >= 11 is 0. The van der Waals surface area contributed by atoms with Crippen LogP contribution in [0.3, 0.4) is 0 Å². The highest BCUT2D eigenvalue weighted by atomic mass is 16.1. The van der Waals surface area contributed by atoms with Crippen LogP contribution < -0.4 is 10.9 Å². The quantitative estimate of drug-likeness (QED) is 0.878. The molecule has 2 heterocycles. The summed E-state index contributed by atoms with van der Waals surface area (Å²) in [5.41, 5.74) is 4.31. The number of nitrogens with one attached hydrogen (secondary N) is 1. The van der Waals surface area contributed by atoms with E-state index in [9.17, 15) is 4.79 Å². The van der Waals surface area contributed by atoms with Gasteiger partial charge in [-0.1, -0.05) is 29.8 Å². The molecular formula is C15H17N3O. The Balaban J connectivity index is 1.93. The second kappa shape index (κ2) is 4.97. The topological polar surface area (TPSA) is 46.9 Å². The van der Waals surface area contributed by atoms with Crippen molar-refractivity contribution in [2.24, 2.45) is 0 Å². The van der Waals surface area contributed by atoms with E-state index in [1.165, 1.54) is 5.56 Å². The molecule has 4 heteroatoms. The second-order valence-corrected chi connectivity index (χ2v) is 5.02. The lowest BCUT2D eigenvalue weighted by atomic mass is 10.1. The molecule has 3 rings (SSSR count). The molecular weight excluding hydrogens is 238 g/mol. The van der Waals surface area contributed by atoms with E-state index < -0.39 is 0 Å². The van der Waals surface area contributed by atoms with Crippen LogP contribution in [-0.2, 0) is 19.5 Å². The van der Waals surface area contributed by atoms with Gasteiger partial charge in [0, 0.05) is 12.1 Å². The van der Waals surface area contributed by atoms with Crippen LogP contribution in [0.25, 0.3) is 0 Å². The standard InChI is InChI=1S/C15H17N3O/c1-11-2-4-12(5-3-11)10-18-15(19)14-9-16-7-6-13(14)8-17-18/h2-5,8,16H,6-7,9-10H2,1H3. The summed E-state index contributed by atoms with van der Waals surface area (Å²) in [6.45, 7) is 4.17. The predicted octanol–water partition coefficient (Wildman–Crippen LogP) is 1.25. The monoisotopic (exact) mass is 255 g/mol. The molecule has 0 spiro atoms. The van der Waals surface area contributed by atoms with Gasteiger partial charge in [0.05, 0.1) is 12.7 Å². The number of nitrogens with zero attached hydrogens (tertiary/aromatic N) is 2. The van der Waals surface area contributed by atoms with Crippen molar-refractivity contribution >= 4 is 0 Å². The Morgan fingerprint density at radius 2 is 2.11 bits per heavy atom. The zero-order chi connectivity index (χ0) is 13.2. The lowest BCUT2D eigenvalue weighted by molar-refractivity contribution is 0.576. The first kappa shape index (κ1) is 12.1. The zero-order valence-electron chi connectivity index (χ0n) is 11.0. The minimum atomic E-state index is 0.0327. The first-order valence-electron chi connectivity index (χ1n) is 6.58. The van der Waals surface area contributed by atoms with Crippen LogP contribution in [0.4, 0.5) is 0 Å². The van der Waals surface area contributed by atoms with Gasteiger partial charge in [-0.25, -0.2) is 4.68 Å². The van der Waals surface area contributed by atoms with Crippen LogP contribution in [0.5, 0.6) is 0 Å². The highest BCUT2D eigenvalue weighted by molar-refractivity contribution is 5.25. The van der Waals surface area contributed by atoms with Crippen molar-refractivity contribution in [1.82, 2.24) is 15.1 Å². The van der Waals surface area contributed by atoms with E-state index in [1.54, 1.807) is 4.68 Å². The van der Waals surface area contributed by atoms with Crippen molar-refractivity contribution < 1.29 is 0 Å². The maximum atomic E-state index is 12.3. The fraction of sp³-hybridized carbons (Fsp3) is 0.333. The van der Waals surface area contributed by atoms with Crippen molar-refractivity contribution in [3.63, 3.8) is 0 Å². The van der Waals surface area contributed by atoms with Crippen LogP contribution in [0.2, 0.25) is 0 Å². The van der Waals surface area contributed by atoms with Gasteiger partial charge in [0.15, 0.2) is 0 Å². The summed E-state index contributed by atoms with van der Waals surface area (Å²) in [7, 11) is 0. The van der Waals surface area contributed by atoms with E-state index in [0.29, 0.717) is 13.1 Å². The molecule has 0 atom stereocenters. The third kappa shape index (κ3) is 2.44. The lowest BCUT2D eigenvalue weighted by Crippen LogP contribution is -2.35. The number of rotatable bonds is 2. The zero-order valence-corrected chi connectivity index (χ0v) is 11.0. The minimum Gasteiger partial charge on any atom is -0.312 e. The van der Waals surface area contributed by atoms with Crippen molar-refractivity contribution in [2.45, 2.75) is 26.4 Å². The number of aromatic nitrogens is 2. The summed E-state index contributed by atoms with van der Waals surface area (Å²) in [5.74, 6) is 0. The van der Waals surface area contributed by atoms with Gasteiger partial charge >= 0.3 is 0 Å². The molecule has 4 nitrogen and oxygen atoms in total. The Kier molecular flexibility index (Phi) is 3.17. The van der Waals surface area contributed by atoms with E-state index in [1.807, 2.05) is 18.3 Å². The molecule has 0 radical (unpaired) electrons. The molecule has 98 valence electrons. The van der Waals surface area contributed by atoms with E-state index in [-0.39, 0.29) is 5.56 Å². The molecule has 19 heavy (non-hydrogen) atoms. The van der Waals surface area contributed by atoms with Gasteiger partial charge in [0.1, 0.15) is 0 Å². The molecule has 1 aliphatic heterocycles. The normalized spacial score (nSPS) is 14.2. The molecule has 1 aliphatic rings. The van der Waals surface area contributed by atoms with Gasteiger partial charge < -0.3 is 5.32 Å². The first-order valence-corrected chi connectivity index (χ1v) is 6.58. The molecule has 2 aromatic rings. The predicted molar refractivity (Wildman–Crippen MR) is 74.2 cm³/mol. The van der Waals surface area contributed by atoms with E-state index in [0.717, 1.165) is 29.7 Å². The van der Waals surface area contributed by atoms with Crippen LogP contribution in [0.1, 0.15) is 22.3 Å². The molecule has 0 saturated heterocycles. The molecule has 1 aromatic carbocycles. The van der Waals surface area contributed by atoms with Crippen LogP contribution in [0, 0.1) is 6.92 Å². The molecule has 0 unspecified atom stereocenters. The van der Waals surface area contributed by atoms with Gasteiger partial charge in [-0.3, -0.25) is 4.79 Å². The van der Waals surface area contributed by atoms with Crippen LogP contribution in [0.15, 0.2) is 35.3 Å². The molecule has 0 fully saturated rings.